The Morgan fingerprint density at radius 3 is 2.82 bits per heavy atom. The first-order valence-electron chi connectivity index (χ1n) is 8.41. The first-order valence-corrected chi connectivity index (χ1v) is 8.41. The molecule has 0 aliphatic carbocycles. The molecule has 0 N–H and O–H groups in total. The van der Waals surface area contributed by atoms with Gasteiger partial charge in [-0.2, -0.15) is 18.7 Å². The number of amides is 2. The van der Waals surface area contributed by atoms with E-state index in [9.17, 15) is 18.4 Å². The summed E-state index contributed by atoms with van der Waals surface area (Å²) in [5.41, 5.74) is 1.11. The van der Waals surface area contributed by atoms with Gasteiger partial charge in [0.1, 0.15) is 12.9 Å². The number of carbonyl (C=O) groups is 2. The van der Waals surface area contributed by atoms with Gasteiger partial charge in [0, 0.05) is 12.1 Å². The van der Waals surface area contributed by atoms with E-state index in [1.165, 1.54) is 17.4 Å². The summed E-state index contributed by atoms with van der Waals surface area (Å²) in [6.07, 6.45) is 0.0442. The number of halogens is 2. The van der Waals surface area contributed by atoms with E-state index in [2.05, 4.69) is 14.6 Å². The van der Waals surface area contributed by atoms with Crippen LogP contribution in [0.1, 0.15) is 11.5 Å². The number of fused-ring (bicyclic) bond motifs is 2. The fourth-order valence-electron chi connectivity index (χ4n) is 3.00. The molecule has 0 saturated carbocycles. The quantitative estimate of drug-likeness (QED) is 0.704. The lowest BCUT2D eigenvalue weighted by Gasteiger charge is -2.24. The predicted octanol–water partition coefficient (Wildman–Crippen LogP) is 2.45. The highest BCUT2D eigenvalue weighted by atomic mass is 19.3. The minimum atomic E-state index is -4.32. The van der Waals surface area contributed by atoms with E-state index in [4.69, 9.17) is 4.42 Å². The Labute approximate surface area is 157 Å². The minimum absolute atomic E-state index is 0.139. The fraction of sp³-hybridized carbons (Fsp3) is 0.278. The Balaban J connectivity index is 1.43. The summed E-state index contributed by atoms with van der Waals surface area (Å²) in [4.78, 5) is 33.9. The van der Waals surface area contributed by atoms with Crippen molar-refractivity contribution < 1.29 is 32.4 Å². The largest absolute Gasteiger partial charge is 0.477 e. The van der Waals surface area contributed by atoms with E-state index in [1.807, 2.05) is 0 Å². The lowest BCUT2D eigenvalue weighted by Crippen LogP contribution is -2.44. The molecule has 1 atom stereocenters. The van der Waals surface area contributed by atoms with Gasteiger partial charge in [-0.05, 0) is 11.6 Å². The van der Waals surface area contributed by atoms with Crippen LogP contribution in [0, 0.1) is 0 Å². The van der Waals surface area contributed by atoms with E-state index in [0.29, 0.717) is 22.1 Å². The van der Waals surface area contributed by atoms with Crippen LogP contribution in [0.3, 0.4) is 0 Å². The normalized spacial score (nSPS) is 19.0. The number of hydrogen-bond donors (Lipinski definition) is 0. The molecular formula is C18H15F2N3O5. The van der Waals surface area contributed by atoms with E-state index in [-0.39, 0.29) is 19.7 Å². The number of aromatic nitrogens is 1. The van der Waals surface area contributed by atoms with Crippen LogP contribution in [0.4, 0.5) is 13.6 Å². The Bertz CT molecular complexity index is 901. The maximum absolute atomic E-state index is 14.2. The van der Waals surface area contributed by atoms with Crippen LogP contribution in [0.2, 0.25) is 0 Å². The maximum Gasteiger partial charge on any atom is 0.477 e. The predicted molar refractivity (Wildman–Crippen MR) is 89.3 cm³/mol. The molecule has 28 heavy (non-hydrogen) atoms. The summed E-state index contributed by atoms with van der Waals surface area (Å²) in [5.74, 6) is -1.59. The van der Waals surface area contributed by atoms with E-state index in [1.54, 1.807) is 36.4 Å². The summed E-state index contributed by atoms with van der Waals surface area (Å²) >= 11 is 0. The van der Waals surface area contributed by atoms with Crippen LogP contribution in [0.5, 0.6) is 0 Å². The summed E-state index contributed by atoms with van der Waals surface area (Å²) in [5, 5.41) is 0.486. The van der Waals surface area contributed by atoms with E-state index >= 15 is 0 Å². The van der Waals surface area contributed by atoms with Gasteiger partial charge in [-0.3, -0.25) is 0 Å². The molecule has 146 valence electrons. The van der Waals surface area contributed by atoms with Gasteiger partial charge in [0.05, 0.1) is 18.8 Å². The number of carbonyl (C=O) groups excluding carboxylic acids is 2. The molecule has 1 saturated heterocycles. The first-order chi connectivity index (χ1) is 13.4. The number of ether oxygens (including phenoxy) is 1. The molecule has 2 aliphatic heterocycles. The zero-order chi connectivity index (χ0) is 19.7. The maximum atomic E-state index is 14.2. The van der Waals surface area contributed by atoms with Crippen molar-refractivity contribution in [2.24, 2.45) is 0 Å². The fourth-order valence-corrected chi connectivity index (χ4v) is 3.00. The monoisotopic (exact) mass is 391 g/mol. The third-order valence-corrected chi connectivity index (χ3v) is 4.29. The summed E-state index contributed by atoms with van der Waals surface area (Å²) in [6.45, 7) is -0.0474. The molecule has 0 radical (unpaired) electrons. The van der Waals surface area contributed by atoms with Crippen LogP contribution >= 0.6 is 0 Å². The number of alkyl halides is 2. The van der Waals surface area contributed by atoms with Gasteiger partial charge in [-0.25, -0.2) is 14.6 Å². The second kappa shape index (κ2) is 7.04. The number of hydroxylamine groups is 2. The number of hydrogen-bond acceptors (Lipinski definition) is 6. The van der Waals surface area contributed by atoms with Crippen molar-refractivity contribution in [1.29, 1.82) is 0 Å². The average Bonchev–Trinajstić information content (AvgIpc) is 3.31. The molecule has 2 bridgehead atoms. The second-order valence-corrected chi connectivity index (χ2v) is 6.26. The van der Waals surface area contributed by atoms with Gasteiger partial charge < -0.3 is 14.1 Å². The molecule has 3 heterocycles. The standard InChI is InChI=1S/C18H15F2N3O5/c19-18(20,16(24)27-11-12-4-2-1-3-5-12)28-23-14-8-13(15-21-6-7-26-15)9-22(10-14)17(23)25/h1-8,14H,9-11H2. The van der Waals surface area contributed by atoms with Gasteiger partial charge in [0.15, 0.2) is 0 Å². The molecule has 0 spiro atoms. The Hall–Kier alpha value is -3.27. The number of nitrogens with zero attached hydrogens (tertiary/aromatic N) is 3. The van der Waals surface area contributed by atoms with Gasteiger partial charge in [0.2, 0.25) is 5.89 Å². The Morgan fingerprint density at radius 2 is 2.11 bits per heavy atom. The highest BCUT2D eigenvalue weighted by Gasteiger charge is 2.51. The van der Waals surface area contributed by atoms with Gasteiger partial charge >= 0.3 is 18.1 Å². The second-order valence-electron chi connectivity index (χ2n) is 6.26. The molecule has 1 unspecified atom stereocenters. The number of benzene rings is 1. The number of rotatable bonds is 6. The summed E-state index contributed by atoms with van der Waals surface area (Å²) < 4.78 is 38.2. The number of esters is 1. The van der Waals surface area contributed by atoms with Crippen molar-refractivity contribution in [3.05, 3.63) is 60.3 Å². The van der Waals surface area contributed by atoms with Gasteiger partial charge in [-0.15, -0.1) is 0 Å². The molecule has 4 rings (SSSR count). The van der Waals surface area contributed by atoms with Crippen molar-refractivity contribution in [3.8, 4) is 0 Å². The smallest absolute Gasteiger partial charge is 0.454 e. The molecule has 8 nitrogen and oxygen atoms in total. The number of oxazole rings is 1. The van der Waals surface area contributed by atoms with E-state index in [0.717, 1.165) is 0 Å². The molecule has 10 heteroatoms. The van der Waals surface area contributed by atoms with Crippen LogP contribution in [0.15, 0.2) is 53.3 Å². The molecule has 2 aliphatic rings. The van der Waals surface area contributed by atoms with Crippen molar-refractivity contribution in [3.63, 3.8) is 0 Å². The third-order valence-electron chi connectivity index (χ3n) is 4.29. The number of urea groups is 1. The molecule has 2 amide bonds. The zero-order valence-corrected chi connectivity index (χ0v) is 14.5. The molecule has 1 aromatic heterocycles. The van der Waals surface area contributed by atoms with Crippen molar-refractivity contribution in [1.82, 2.24) is 14.9 Å². The molecular weight excluding hydrogens is 376 g/mol. The van der Waals surface area contributed by atoms with Crippen molar-refractivity contribution in [2.75, 3.05) is 13.1 Å². The SMILES string of the molecule is O=C1N2CC(c3ncco3)=CC(C2)N1OC(F)(F)C(=O)OCc1ccccc1. The van der Waals surface area contributed by atoms with Crippen LogP contribution < -0.4 is 0 Å². The Kier molecular flexibility index (Phi) is 4.55. The van der Waals surface area contributed by atoms with Crippen molar-refractivity contribution in [2.45, 2.75) is 18.8 Å². The van der Waals surface area contributed by atoms with Crippen LogP contribution in [0.25, 0.3) is 5.57 Å². The topological polar surface area (TPSA) is 85.1 Å². The molecule has 1 fully saturated rings. The first kappa shape index (κ1) is 18.1. The average molecular weight is 391 g/mol. The van der Waals surface area contributed by atoms with Crippen LogP contribution in [-0.2, 0) is 21.0 Å². The van der Waals surface area contributed by atoms with Crippen LogP contribution in [-0.4, -0.2) is 52.2 Å². The lowest BCUT2D eigenvalue weighted by atomic mass is 10.1. The lowest BCUT2D eigenvalue weighted by molar-refractivity contribution is -0.326. The molecule has 2 aromatic rings. The third kappa shape index (κ3) is 3.46. The zero-order valence-electron chi connectivity index (χ0n) is 14.5. The summed E-state index contributed by atoms with van der Waals surface area (Å²) in [6, 6.07) is 6.79. The molecule has 1 aromatic carbocycles. The summed E-state index contributed by atoms with van der Waals surface area (Å²) in [7, 11) is 0. The van der Waals surface area contributed by atoms with Gasteiger partial charge in [0.25, 0.3) is 0 Å². The highest BCUT2D eigenvalue weighted by Crippen LogP contribution is 2.32. The highest BCUT2D eigenvalue weighted by molar-refractivity contribution is 5.82. The van der Waals surface area contributed by atoms with E-state index < -0.39 is 24.2 Å². The Morgan fingerprint density at radius 1 is 1.32 bits per heavy atom. The van der Waals surface area contributed by atoms with Gasteiger partial charge in [-0.1, -0.05) is 30.3 Å². The minimum Gasteiger partial charge on any atom is -0.454 e. The van der Waals surface area contributed by atoms with Crippen molar-refractivity contribution >= 4 is 17.6 Å².